The molecule has 1 aliphatic carbocycles. The standard InChI is InChI=1S/C14H18F3NS/c1-19-13(7-2-8-13)10-18-9-11-3-5-12(6-4-11)14(15,16)17/h3-6,18H,2,7-10H2,1H3. The second-order valence-corrected chi connectivity index (χ2v) is 6.31. The molecule has 0 aromatic heterocycles. The van der Waals surface area contributed by atoms with Crippen molar-refractivity contribution in [2.75, 3.05) is 12.8 Å². The minimum Gasteiger partial charge on any atom is -0.311 e. The van der Waals surface area contributed by atoms with E-state index in [-0.39, 0.29) is 0 Å². The van der Waals surface area contributed by atoms with Gasteiger partial charge in [-0.15, -0.1) is 0 Å². The van der Waals surface area contributed by atoms with Crippen molar-refractivity contribution in [2.45, 2.75) is 36.7 Å². The first kappa shape index (κ1) is 14.7. The molecule has 1 nitrogen and oxygen atoms in total. The van der Waals surface area contributed by atoms with E-state index in [9.17, 15) is 13.2 Å². The van der Waals surface area contributed by atoms with Crippen molar-refractivity contribution in [3.63, 3.8) is 0 Å². The van der Waals surface area contributed by atoms with Crippen molar-refractivity contribution in [3.05, 3.63) is 35.4 Å². The summed E-state index contributed by atoms with van der Waals surface area (Å²) >= 11 is 1.89. The Morgan fingerprint density at radius 2 is 1.84 bits per heavy atom. The smallest absolute Gasteiger partial charge is 0.311 e. The van der Waals surface area contributed by atoms with E-state index in [1.54, 1.807) is 12.1 Å². The van der Waals surface area contributed by atoms with Gasteiger partial charge in [0.1, 0.15) is 0 Å². The fourth-order valence-electron chi connectivity index (χ4n) is 2.27. The first-order chi connectivity index (χ1) is 8.95. The molecule has 0 unspecified atom stereocenters. The molecule has 5 heteroatoms. The van der Waals surface area contributed by atoms with Crippen LogP contribution in [0.5, 0.6) is 0 Å². The predicted molar refractivity (Wildman–Crippen MR) is 73.2 cm³/mol. The summed E-state index contributed by atoms with van der Waals surface area (Å²) in [7, 11) is 0. The summed E-state index contributed by atoms with van der Waals surface area (Å²) in [6, 6.07) is 5.38. The van der Waals surface area contributed by atoms with E-state index >= 15 is 0 Å². The molecule has 1 N–H and O–H groups in total. The molecule has 106 valence electrons. The van der Waals surface area contributed by atoms with Crippen molar-refractivity contribution in [1.82, 2.24) is 5.32 Å². The second kappa shape index (κ2) is 5.75. The molecule has 2 rings (SSSR count). The molecule has 0 spiro atoms. The highest BCUT2D eigenvalue weighted by Crippen LogP contribution is 2.42. The Bertz CT molecular complexity index is 404. The average Bonchev–Trinajstić information content (AvgIpc) is 2.32. The monoisotopic (exact) mass is 289 g/mol. The Morgan fingerprint density at radius 1 is 1.21 bits per heavy atom. The maximum Gasteiger partial charge on any atom is 0.416 e. The molecule has 0 bridgehead atoms. The van der Waals surface area contributed by atoms with E-state index in [1.807, 2.05) is 11.8 Å². The molecule has 0 aliphatic heterocycles. The summed E-state index contributed by atoms with van der Waals surface area (Å²) in [5.41, 5.74) is 0.305. The number of rotatable bonds is 5. The van der Waals surface area contributed by atoms with E-state index < -0.39 is 11.7 Å². The molecule has 19 heavy (non-hydrogen) atoms. The maximum absolute atomic E-state index is 12.4. The summed E-state index contributed by atoms with van der Waals surface area (Å²) < 4.78 is 37.6. The summed E-state index contributed by atoms with van der Waals surface area (Å²) in [5.74, 6) is 0. The average molecular weight is 289 g/mol. The van der Waals surface area contributed by atoms with Gasteiger partial charge in [0.05, 0.1) is 5.56 Å². The summed E-state index contributed by atoms with van der Waals surface area (Å²) in [5, 5.41) is 3.35. The molecule has 1 aliphatic rings. The molecule has 1 aromatic rings. The van der Waals surface area contributed by atoms with Crippen molar-refractivity contribution in [3.8, 4) is 0 Å². The lowest BCUT2D eigenvalue weighted by atomic mass is 9.84. The Kier molecular flexibility index (Phi) is 4.46. The van der Waals surface area contributed by atoms with Gasteiger partial charge in [0.15, 0.2) is 0 Å². The van der Waals surface area contributed by atoms with Gasteiger partial charge >= 0.3 is 6.18 Å². The minimum atomic E-state index is -4.25. The first-order valence-corrected chi connectivity index (χ1v) is 7.60. The lowest BCUT2D eigenvalue weighted by Crippen LogP contribution is -2.43. The summed E-state index contributed by atoms with van der Waals surface area (Å²) in [4.78, 5) is 0. The second-order valence-electron chi connectivity index (χ2n) is 5.04. The highest BCUT2D eigenvalue weighted by Gasteiger charge is 2.35. The molecule has 0 amide bonds. The number of hydrogen-bond donors (Lipinski definition) is 1. The van der Waals surface area contributed by atoms with Gasteiger partial charge in [-0.05, 0) is 36.8 Å². The molecule has 1 saturated carbocycles. The molecule has 0 heterocycles. The van der Waals surface area contributed by atoms with Gasteiger partial charge in [-0.2, -0.15) is 24.9 Å². The van der Waals surface area contributed by atoms with Crippen LogP contribution >= 0.6 is 11.8 Å². The van der Waals surface area contributed by atoms with Gasteiger partial charge in [0.2, 0.25) is 0 Å². The molecule has 1 aromatic carbocycles. The van der Waals surface area contributed by atoms with Crippen LogP contribution < -0.4 is 5.32 Å². The Labute approximate surface area is 116 Å². The number of hydrogen-bond acceptors (Lipinski definition) is 2. The third-order valence-corrected chi connectivity index (χ3v) is 5.17. The Morgan fingerprint density at radius 3 is 2.26 bits per heavy atom. The SMILES string of the molecule is CSC1(CNCc2ccc(C(F)(F)F)cc2)CCC1. The molecule has 1 fully saturated rings. The molecular formula is C14H18F3NS. The molecule has 0 radical (unpaired) electrons. The molecule has 0 saturated heterocycles. The number of halogens is 3. The van der Waals surface area contributed by atoms with E-state index in [0.29, 0.717) is 11.3 Å². The van der Waals surface area contributed by atoms with E-state index in [0.717, 1.165) is 24.2 Å². The van der Waals surface area contributed by atoms with Crippen molar-refractivity contribution >= 4 is 11.8 Å². The fraction of sp³-hybridized carbons (Fsp3) is 0.571. The number of alkyl halides is 3. The van der Waals surface area contributed by atoms with Gasteiger partial charge < -0.3 is 5.32 Å². The number of benzene rings is 1. The van der Waals surface area contributed by atoms with Crippen LogP contribution in [-0.2, 0) is 12.7 Å². The van der Waals surface area contributed by atoms with Crippen LogP contribution in [0.15, 0.2) is 24.3 Å². The van der Waals surface area contributed by atoms with Crippen LogP contribution in [-0.4, -0.2) is 17.5 Å². The lowest BCUT2D eigenvalue weighted by molar-refractivity contribution is -0.137. The normalized spacial score (nSPS) is 18.1. The molecular weight excluding hydrogens is 271 g/mol. The summed E-state index contributed by atoms with van der Waals surface area (Å²) in [6.45, 7) is 1.55. The first-order valence-electron chi connectivity index (χ1n) is 6.37. The maximum atomic E-state index is 12.4. The zero-order chi connectivity index (χ0) is 13.9. The van der Waals surface area contributed by atoms with Crippen LogP contribution in [0.1, 0.15) is 30.4 Å². The van der Waals surface area contributed by atoms with Gasteiger partial charge in [-0.3, -0.25) is 0 Å². The topological polar surface area (TPSA) is 12.0 Å². The number of thioether (sulfide) groups is 1. The van der Waals surface area contributed by atoms with Crippen molar-refractivity contribution in [1.29, 1.82) is 0 Å². The van der Waals surface area contributed by atoms with Gasteiger partial charge in [-0.1, -0.05) is 18.6 Å². The van der Waals surface area contributed by atoms with E-state index in [2.05, 4.69) is 11.6 Å². The lowest BCUT2D eigenvalue weighted by Gasteiger charge is -2.40. The van der Waals surface area contributed by atoms with Crippen LogP contribution in [0.2, 0.25) is 0 Å². The zero-order valence-electron chi connectivity index (χ0n) is 10.9. The largest absolute Gasteiger partial charge is 0.416 e. The van der Waals surface area contributed by atoms with Crippen LogP contribution in [0.25, 0.3) is 0 Å². The third-order valence-electron chi connectivity index (χ3n) is 3.76. The Balaban J connectivity index is 1.83. The van der Waals surface area contributed by atoms with E-state index in [4.69, 9.17) is 0 Å². The van der Waals surface area contributed by atoms with E-state index in [1.165, 1.54) is 19.3 Å². The Hall–Kier alpha value is -0.680. The highest BCUT2D eigenvalue weighted by molar-refractivity contribution is 8.00. The minimum absolute atomic E-state index is 0.353. The van der Waals surface area contributed by atoms with Crippen LogP contribution in [0.3, 0.4) is 0 Å². The fourth-order valence-corrected chi connectivity index (χ4v) is 3.21. The predicted octanol–water partition coefficient (Wildman–Crippen LogP) is 4.08. The number of nitrogens with one attached hydrogen (secondary N) is 1. The highest BCUT2D eigenvalue weighted by atomic mass is 32.2. The van der Waals surface area contributed by atoms with Crippen molar-refractivity contribution < 1.29 is 13.2 Å². The van der Waals surface area contributed by atoms with Crippen molar-refractivity contribution in [2.24, 2.45) is 0 Å². The van der Waals surface area contributed by atoms with Crippen LogP contribution in [0.4, 0.5) is 13.2 Å². The molecule has 0 atom stereocenters. The van der Waals surface area contributed by atoms with Gasteiger partial charge in [0.25, 0.3) is 0 Å². The summed E-state index contributed by atoms with van der Waals surface area (Å²) in [6.07, 6.45) is 1.62. The van der Waals surface area contributed by atoms with Gasteiger partial charge in [-0.25, -0.2) is 0 Å². The zero-order valence-corrected chi connectivity index (χ0v) is 11.7. The quantitative estimate of drug-likeness (QED) is 0.876. The van der Waals surface area contributed by atoms with Gasteiger partial charge in [0, 0.05) is 17.8 Å². The third kappa shape index (κ3) is 3.66. The van der Waals surface area contributed by atoms with Crippen LogP contribution in [0, 0.1) is 0 Å².